The van der Waals surface area contributed by atoms with Gasteiger partial charge in [-0.2, -0.15) is 9.40 Å². The quantitative estimate of drug-likeness (QED) is 0.784. The Hall–Kier alpha value is -1.25. The number of piperidine rings is 1. The number of aryl methyl sites for hydroxylation is 1. The number of rotatable bonds is 2. The van der Waals surface area contributed by atoms with Crippen LogP contribution >= 0.6 is 0 Å². The van der Waals surface area contributed by atoms with Crippen LogP contribution in [-0.4, -0.2) is 67.6 Å². The van der Waals surface area contributed by atoms with Crippen LogP contribution in [0.25, 0.3) is 0 Å². The normalized spacial score (nSPS) is 27.3. The monoisotopic (exact) mass is 326 g/mol. The molecule has 0 saturated carbocycles. The summed E-state index contributed by atoms with van der Waals surface area (Å²) in [7, 11) is -3.18. The van der Waals surface area contributed by atoms with Gasteiger partial charge in [-0.1, -0.05) is 0 Å². The highest BCUT2D eigenvalue weighted by atomic mass is 32.2. The molecule has 122 valence electrons. The number of sulfonamides is 1. The minimum atomic E-state index is -3.18. The average molecular weight is 326 g/mol. The van der Waals surface area contributed by atoms with Gasteiger partial charge in [-0.25, -0.2) is 8.42 Å². The summed E-state index contributed by atoms with van der Waals surface area (Å²) in [5.41, 5.74) is 0.444. The van der Waals surface area contributed by atoms with E-state index < -0.39 is 15.6 Å². The Morgan fingerprint density at radius 3 is 2.73 bits per heavy atom. The van der Waals surface area contributed by atoms with Gasteiger partial charge in [-0.05, 0) is 31.9 Å². The van der Waals surface area contributed by atoms with Crippen LogP contribution in [0, 0.1) is 6.92 Å². The first kappa shape index (κ1) is 15.6. The molecule has 1 unspecified atom stereocenters. The van der Waals surface area contributed by atoms with Crippen LogP contribution < -0.4 is 4.90 Å². The van der Waals surface area contributed by atoms with Gasteiger partial charge < -0.3 is 9.64 Å². The smallest absolute Gasteiger partial charge is 0.211 e. The van der Waals surface area contributed by atoms with Crippen LogP contribution in [0.5, 0.6) is 0 Å². The van der Waals surface area contributed by atoms with Gasteiger partial charge in [-0.3, -0.25) is 0 Å². The minimum Gasteiger partial charge on any atom is -0.370 e. The third-order valence-corrected chi connectivity index (χ3v) is 5.58. The summed E-state index contributed by atoms with van der Waals surface area (Å²) in [6, 6.07) is 3.90. The molecule has 0 aliphatic carbocycles. The third-order valence-electron chi connectivity index (χ3n) is 4.33. The Morgan fingerprint density at radius 1 is 1.23 bits per heavy atom. The molecule has 0 aromatic carbocycles. The molecule has 2 saturated heterocycles. The van der Waals surface area contributed by atoms with Crippen molar-refractivity contribution in [2.75, 3.05) is 43.9 Å². The zero-order valence-electron chi connectivity index (χ0n) is 13.0. The van der Waals surface area contributed by atoms with Crippen molar-refractivity contribution >= 4 is 15.8 Å². The molecule has 1 atom stereocenters. The Kier molecular flexibility index (Phi) is 4.09. The largest absolute Gasteiger partial charge is 0.370 e. The number of morpholine rings is 1. The Balaban J connectivity index is 1.78. The van der Waals surface area contributed by atoms with Crippen molar-refractivity contribution in [1.29, 1.82) is 0 Å². The summed E-state index contributed by atoms with van der Waals surface area (Å²) in [4.78, 5) is 2.14. The first-order chi connectivity index (χ1) is 10.4. The van der Waals surface area contributed by atoms with Crippen molar-refractivity contribution in [2.24, 2.45) is 0 Å². The number of hydrogen-bond donors (Lipinski definition) is 0. The van der Waals surface area contributed by atoms with E-state index in [0.29, 0.717) is 26.2 Å². The van der Waals surface area contributed by atoms with Gasteiger partial charge in [0, 0.05) is 26.2 Å². The van der Waals surface area contributed by atoms with Crippen molar-refractivity contribution < 1.29 is 13.2 Å². The minimum absolute atomic E-state index is 0.418. The molecule has 0 N–H and O–H groups in total. The molecule has 1 aromatic rings. The predicted molar refractivity (Wildman–Crippen MR) is 83.3 cm³/mol. The highest BCUT2D eigenvalue weighted by molar-refractivity contribution is 7.88. The van der Waals surface area contributed by atoms with E-state index in [-0.39, 0.29) is 0 Å². The summed E-state index contributed by atoms with van der Waals surface area (Å²) >= 11 is 0. The molecule has 2 fully saturated rings. The lowest BCUT2D eigenvalue weighted by Crippen LogP contribution is -2.60. The molecule has 7 nitrogen and oxygen atoms in total. The van der Waals surface area contributed by atoms with E-state index in [0.717, 1.165) is 30.9 Å². The molecule has 2 aliphatic rings. The van der Waals surface area contributed by atoms with Crippen molar-refractivity contribution in [3.63, 3.8) is 0 Å². The second-order valence-corrected chi connectivity index (χ2v) is 8.17. The second-order valence-electron chi connectivity index (χ2n) is 6.19. The van der Waals surface area contributed by atoms with E-state index in [9.17, 15) is 8.42 Å². The molecule has 8 heteroatoms. The second kappa shape index (κ2) is 5.75. The van der Waals surface area contributed by atoms with Crippen LogP contribution in [0.2, 0.25) is 0 Å². The maximum atomic E-state index is 11.8. The number of anilines is 1. The number of hydrogen-bond acceptors (Lipinski definition) is 6. The van der Waals surface area contributed by atoms with E-state index in [1.165, 1.54) is 10.6 Å². The van der Waals surface area contributed by atoms with E-state index in [1.807, 2.05) is 19.1 Å². The molecule has 1 spiro atoms. The predicted octanol–water partition coefficient (Wildman–Crippen LogP) is 0.416. The first-order valence-corrected chi connectivity index (χ1v) is 9.37. The first-order valence-electron chi connectivity index (χ1n) is 7.52. The fraction of sp³-hybridized carbons (Fsp3) is 0.714. The number of aromatic nitrogens is 2. The van der Waals surface area contributed by atoms with Crippen LogP contribution in [0.1, 0.15) is 18.5 Å². The van der Waals surface area contributed by atoms with Crippen molar-refractivity contribution in [2.45, 2.75) is 25.4 Å². The summed E-state index contributed by atoms with van der Waals surface area (Å²) in [5.74, 6) is 0.824. The molecule has 22 heavy (non-hydrogen) atoms. The molecule has 3 rings (SSSR count). The molecule has 0 amide bonds. The lowest BCUT2D eigenvalue weighted by atomic mass is 9.91. The highest BCUT2D eigenvalue weighted by Gasteiger charge is 2.43. The number of nitrogens with zero attached hydrogens (tertiary/aromatic N) is 4. The molecule has 0 radical (unpaired) electrons. The standard InChI is InChI=1S/C14H22N4O3S/c1-12-4-5-13(16-15-12)17-7-3-6-14(10-17)11-18(8-9-21-14)22(2,19)20/h4-5H,3,6-11H2,1-2H3. The highest BCUT2D eigenvalue weighted by Crippen LogP contribution is 2.31. The van der Waals surface area contributed by atoms with Crippen LogP contribution in [0.4, 0.5) is 5.82 Å². The SMILES string of the molecule is Cc1ccc(N2CCCC3(C2)CN(S(C)(=O)=O)CCO3)nn1. The van der Waals surface area contributed by atoms with Crippen LogP contribution in [0.3, 0.4) is 0 Å². The molecule has 3 heterocycles. The van der Waals surface area contributed by atoms with Crippen LogP contribution in [-0.2, 0) is 14.8 Å². The lowest BCUT2D eigenvalue weighted by Gasteiger charge is -2.47. The van der Waals surface area contributed by atoms with E-state index in [4.69, 9.17) is 4.74 Å². The number of ether oxygens (including phenoxy) is 1. The maximum Gasteiger partial charge on any atom is 0.211 e. The van der Waals surface area contributed by atoms with Gasteiger partial charge in [0.2, 0.25) is 10.0 Å². The lowest BCUT2D eigenvalue weighted by molar-refractivity contribution is -0.0949. The van der Waals surface area contributed by atoms with E-state index in [2.05, 4.69) is 15.1 Å². The van der Waals surface area contributed by atoms with Gasteiger partial charge in [0.1, 0.15) is 0 Å². The van der Waals surface area contributed by atoms with Crippen molar-refractivity contribution in [1.82, 2.24) is 14.5 Å². The fourth-order valence-corrected chi connectivity index (χ4v) is 4.07. The zero-order valence-corrected chi connectivity index (χ0v) is 13.8. The summed E-state index contributed by atoms with van der Waals surface area (Å²) in [6.07, 6.45) is 3.08. The Labute approximate surface area is 131 Å². The Morgan fingerprint density at radius 2 is 2.05 bits per heavy atom. The summed E-state index contributed by atoms with van der Waals surface area (Å²) < 4.78 is 31.2. The van der Waals surface area contributed by atoms with Crippen molar-refractivity contribution in [3.05, 3.63) is 17.8 Å². The topological polar surface area (TPSA) is 75.6 Å². The molecular weight excluding hydrogens is 304 g/mol. The van der Waals surface area contributed by atoms with Crippen molar-refractivity contribution in [3.8, 4) is 0 Å². The molecule has 0 bridgehead atoms. The zero-order chi connectivity index (χ0) is 15.8. The molecular formula is C14H22N4O3S. The van der Waals surface area contributed by atoms with Gasteiger partial charge in [0.25, 0.3) is 0 Å². The maximum absolute atomic E-state index is 11.8. The fourth-order valence-electron chi connectivity index (χ4n) is 3.19. The van der Waals surface area contributed by atoms with E-state index in [1.54, 1.807) is 0 Å². The van der Waals surface area contributed by atoms with Gasteiger partial charge >= 0.3 is 0 Å². The van der Waals surface area contributed by atoms with Gasteiger partial charge in [-0.15, -0.1) is 5.10 Å². The molecule has 2 aliphatic heterocycles. The summed E-state index contributed by atoms with van der Waals surface area (Å²) in [6.45, 7) is 4.74. The van der Waals surface area contributed by atoms with Gasteiger partial charge in [0.15, 0.2) is 5.82 Å². The average Bonchev–Trinajstić information content (AvgIpc) is 2.47. The molecule has 1 aromatic heterocycles. The Bertz CT molecular complexity index is 630. The van der Waals surface area contributed by atoms with Gasteiger partial charge in [0.05, 0.1) is 24.2 Å². The van der Waals surface area contributed by atoms with Crippen LogP contribution in [0.15, 0.2) is 12.1 Å². The summed E-state index contributed by atoms with van der Waals surface area (Å²) in [5, 5.41) is 8.34. The third kappa shape index (κ3) is 3.23. The van der Waals surface area contributed by atoms with E-state index >= 15 is 0 Å².